The molecule has 4 aromatic rings. The second kappa shape index (κ2) is 8.49. The van der Waals surface area contributed by atoms with Crippen molar-refractivity contribution < 1.29 is 24.2 Å². The minimum atomic E-state index is -1.16. The van der Waals surface area contributed by atoms with Crippen molar-refractivity contribution in [3.63, 3.8) is 0 Å². The van der Waals surface area contributed by atoms with Gasteiger partial charge in [0.2, 0.25) is 0 Å². The number of carbonyl (C=O) groups excluding carboxylic acids is 2. The summed E-state index contributed by atoms with van der Waals surface area (Å²) < 4.78 is 5.90. The van der Waals surface area contributed by atoms with Crippen LogP contribution >= 0.6 is 11.3 Å². The van der Waals surface area contributed by atoms with Gasteiger partial charge in [0.1, 0.15) is 27.8 Å². The van der Waals surface area contributed by atoms with E-state index in [1.54, 1.807) is 24.4 Å². The topological polar surface area (TPSA) is 121 Å². The summed E-state index contributed by atoms with van der Waals surface area (Å²) in [6.45, 7) is 1.36. The Morgan fingerprint density at radius 3 is 2.65 bits per heavy atom. The van der Waals surface area contributed by atoms with Crippen molar-refractivity contribution in [2.75, 3.05) is 16.8 Å². The Kier molecular flexibility index (Phi) is 5.34. The molecule has 0 bridgehead atoms. The molecule has 0 unspecified atom stereocenters. The monoisotopic (exact) mass is 474 g/mol. The number of hydrogen-bond donors (Lipinski definition) is 3. The largest absolute Gasteiger partial charge is 0.480 e. The Labute approximate surface area is 197 Å². The molecule has 3 heterocycles. The van der Waals surface area contributed by atoms with Crippen LogP contribution in [-0.2, 0) is 4.79 Å². The molecule has 0 saturated heterocycles. The molecule has 1 aliphatic rings. The average Bonchev–Trinajstić information content (AvgIpc) is 3.19. The fraction of sp³-hybridized carbons (Fsp3) is 0.0833. The molecule has 3 N–H and O–H groups in total. The second-order valence-electron chi connectivity index (χ2n) is 7.52. The molecule has 0 spiro atoms. The van der Waals surface area contributed by atoms with E-state index in [1.807, 2.05) is 43.3 Å². The van der Waals surface area contributed by atoms with Gasteiger partial charge in [-0.1, -0.05) is 18.2 Å². The van der Waals surface area contributed by atoms with Crippen LogP contribution in [0.5, 0.6) is 11.5 Å². The van der Waals surface area contributed by atoms with E-state index in [2.05, 4.69) is 15.6 Å². The zero-order chi connectivity index (χ0) is 23.8. The molecule has 1 aliphatic heterocycles. The fourth-order valence-corrected chi connectivity index (χ4v) is 4.82. The van der Waals surface area contributed by atoms with Gasteiger partial charge in [-0.2, -0.15) is 0 Å². The number of aliphatic carboxylic acids is 1. The number of urea groups is 1. The summed E-state index contributed by atoms with van der Waals surface area (Å²) in [6.07, 6.45) is 1.57. The number of carboxylic acids is 1. The standard InChI is InChI=1S/C24H18N4O5S/c1-13-11-15(33-14-5-3-2-4-6-14)7-8-16(13)28-17-9-10-25-23-19(17)20(27-24(28)32)21(34-23)22(31)26-12-18(29)30/h2-11H,12H2,1H3,(H,26,31)(H,27,32)(H,29,30). The molecule has 0 aliphatic carbocycles. The number of nitrogens with zero attached hydrogens (tertiary/aromatic N) is 2. The third kappa shape index (κ3) is 3.80. The highest BCUT2D eigenvalue weighted by Crippen LogP contribution is 2.46. The maximum Gasteiger partial charge on any atom is 0.331 e. The zero-order valence-electron chi connectivity index (χ0n) is 17.9. The first-order valence-corrected chi connectivity index (χ1v) is 11.1. The minimum Gasteiger partial charge on any atom is -0.480 e. The molecule has 170 valence electrons. The van der Waals surface area contributed by atoms with Gasteiger partial charge in [0.05, 0.1) is 22.4 Å². The van der Waals surface area contributed by atoms with Gasteiger partial charge in [0, 0.05) is 6.20 Å². The summed E-state index contributed by atoms with van der Waals surface area (Å²) in [5, 5.41) is 14.6. The Balaban J connectivity index is 1.53. The third-order valence-electron chi connectivity index (χ3n) is 5.24. The van der Waals surface area contributed by atoms with Gasteiger partial charge >= 0.3 is 12.0 Å². The lowest BCUT2D eigenvalue weighted by molar-refractivity contribution is -0.135. The van der Waals surface area contributed by atoms with E-state index in [0.29, 0.717) is 38.8 Å². The Morgan fingerprint density at radius 2 is 1.91 bits per heavy atom. The molecule has 0 fully saturated rings. The van der Waals surface area contributed by atoms with Crippen LogP contribution in [0.3, 0.4) is 0 Å². The van der Waals surface area contributed by atoms with Crippen LogP contribution in [0.2, 0.25) is 0 Å². The normalized spacial score (nSPS) is 12.4. The summed E-state index contributed by atoms with van der Waals surface area (Å²) >= 11 is 1.09. The highest BCUT2D eigenvalue weighted by atomic mass is 32.1. The highest BCUT2D eigenvalue weighted by molar-refractivity contribution is 7.21. The first kappa shape index (κ1) is 21.4. The highest BCUT2D eigenvalue weighted by Gasteiger charge is 2.33. The van der Waals surface area contributed by atoms with Crippen molar-refractivity contribution >= 4 is 56.5 Å². The molecule has 0 radical (unpaired) electrons. The number of amides is 3. The Bertz CT molecular complexity index is 1450. The lowest BCUT2D eigenvalue weighted by Gasteiger charge is -2.29. The number of rotatable bonds is 6. The van der Waals surface area contributed by atoms with E-state index in [4.69, 9.17) is 9.84 Å². The average molecular weight is 474 g/mol. The number of benzene rings is 2. The van der Waals surface area contributed by atoms with E-state index >= 15 is 0 Å². The number of pyridine rings is 1. The first-order valence-electron chi connectivity index (χ1n) is 10.3. The van der Waals surface area contributed by atoms with E-state index in [1.165, 1.54) is 4.90 Å². The predicted octanol–water partition coefficient (Wildman–Crippen LogP) is 4.90. The van der Waals surface area contributed by atoms with Crippen LogP contribution in [0, 0.1) is 6.92 Å². The van der Waals surface area contributed by atoms with Crippen molar-refractivity contribution in [3.05, 3.63) is 71.2 Å². The quantitative estimate of drug-likeness (QED) is 0.366. The van der Waals surface area contributed by atoms with Gasteiger partial charge in [-0.05, 0) is 48.9 Å². The van der Waals surface area contributed by atoms with Gasteiger partial charge in [0.15, 0.2) is 0 Å². The van der Waals surface area contributed by atoms with Crippen LogP contribution in [0.15, 0.2) is 60.8 Å². The van der Waals surface area contributed by atoms with E-state index in [9.17, 15) is 14.4 Å². The number of thiophene rings is 1. The molecule has 9 nitrogen and oxygen atoms in total. The molecule has 2 aromatic heterocycles. The molecule has 0 atom stereocenters. The zero-order valence-corrected chi connectivity index (χ0v) is 18.7. The number of aromatic nitrogens is 1. The lowest BCUT2D eigenvalue weighted by atomic mass is 10.1. The van der Waals surface area contributed by atoms with Crippen LogP contribution in [0.1, 0.15) is 15.2 Å². The molecule has 34 heavy (non-hydrogen) atoms. The Morgan fingerprint density at radius 1 is 1.12 bits per heavy atom. The number of carboxylic acid groups (broad SMARTS) is 1. The molecule has 10 heteroatoms. The van der Waals surface area contributed by atoms with E-state index in [-0.39, 0.29) is 4.88 Å². The van der Waals surface area contributed by atoms with Crippen LogP contribution in [-0.4, -0.2) is 34.5 Å². The van der Waals surface area contributed by atoms with Crippen LogP contribution in [0.25, 0.3) is 10.2 Å². The number of para-hydroxylation sites is 1. The Hall–Kier alpha value is -4.44. The van der Waals surface area contributed by atoms with Crippen molar-refractivity contribution in [2.24, 2.45) is 0 Å². The molecule has 5 rings (SSSR count). The summed E-state index contributed by atoms with van der Waals surface area (Å²) in [7, 11) is 0. The van der Waals surface area contributed by atoms with Crippen molar-refractivity contribution in [1.29, 1.82) is 0 Å². The predicted molar refractivity (Wildman–Crippen MR) is 128 cm³/mol. The number of hydrogen-bond acceptors (Lipinski definition) is 6. The maximum absolute atomic E-state index is 13.2. The lowest BCUT2D eigenvalue weighted by Crippen LogP contribution is -2.35. The fourth-order valence-electron chi connectivity index (χ4n) is 3.79. The smallest absolute Gasteiger partial charge is 0.331 e. The van der Waals surface area contributed by atoms with Gasteiger partial charge in [-0.25, -0.2) is 9.78 Å². The third-order valence-corrected chi connectivity index (χ3v) is 6.34. The molecule has 2 aromatic carbocycles. The van der Waals surface area contributed by atoms with Crippen molar-refractivity contribution in [3.8, 4) is 11.5 Å². The summed E-state index contributed by atoms with van der Waals surface area (Å²) in [5.74, 6) is -0.401. The van der Waals surface area contributed by atoms with Crippen LogP contribution in [0.4, 0.5) is 21.9 Å². The van der Waals surface area contributed by atoms with Gasteiger partial charge in [-0.3, -0.25) is 14.5 Å². The summed E-state index contributed by atoms with van der Waals surface area (Å²) in [6, 6.07) is 16.1. The van der Waals surface area contributed by atoms with Gasteiger partial charge in [0.25, 0.3) is 5.91 Å². The maximum atomic E-state index is 13.2. The van der Waals surface area contributed by atoms with Gasteiger partial charge < -0.3 is 20.5 Å². The van der Waals surface area contributed by atoms with Gasteiger partial charge in [-0.15, -0.1) is 11.3 Å². The van der Waals surface area contributed by atoms with Crippen LogP contribution < -0.4 is 20.3 Å². The molecular weight excluding hydrogens is 456 g/mol. The molecular formula is C24H18N4O5S. The number of ether oxygens (including phenoxy) is 1. The molecule has 0 saturated carbocycles. The minimum absolute atomic E-state index is 0.201. The summed E-state index contributed by atoms with van der Waals surface area (Å²) in [5.41, 5.74) is 2.37. The number of carbonyl (C=O) groups is 3. The number of aryl methyl sites for hydroxylation is 1. The van der Waals surface area contributed by atoms with E-state index in [0.717, 1.165) is 16.9 Å². The molecule has 3 amide bonds. The number of nitrogens with one attached hydrogen (secondary N) is 2. The van der Waals surface area contributed by atoms with E-state index < -0.39 is 24.5 Å². The first-order chi connectivity index (χ1) is 16.4. The number of anilines is 3. The second-order valence-corrected chi connectivity index (χ2v) is 8.52. The SMILES string of the molecule is Cc1cc(Oc2ccccc2)ccc1N1C(=O)Nc2c(C(=O)NCC(=O)O)sc3nccc1c23. The van der Waals surface area contributed by atoms with Crippen molar-refractivity contribution in [2.45, 2.75) is 6.92 Å². The summed E-state index contributed by atoms with van der Waals surface area (Å²) in [4.78, 5) is 43.2. The van der Waals surface area contributed by atoms with Crippen molar-refractivity contribution in [1.82, 2.24) is 10.3 Å².